The first-order valence-electron chi connectivity index (χ1n) is 6.11. The van der Waals surface area contributed by atoms with Crippen molar-refractivity contribution in [2.45, 2.75) is 32.0 Å². The van der Waals surface area contributed by atoms with E-state index >= 15 is 0 Å². The Balaban J connectivity index is 1.88. The molecule has 2 aromatic heterocycles. The van der Waals surface area contributed by atoms with E-state index in [0.29, 0.717) is 6.04 Å². The third-order valence-electron chi connectivity index (χ3n) is 3.14. The molecular formula is C13H15N3O2. The number of pyridine rings is 1. The number of fused-ring (bicyclic) bond motifs is 1. The zero-order chi connectivity index (χ0) is 12.5. The van der Waals surface area contributed by atoms with E-state index in [9.17, 15) is 9.90 Å². The first-order chi connectivity index (χ1) is 8.78. The van der Waals surface area contributed by atoms with Gasteiger partial charge in [-0.1, -0.05) is 0 Å². The molecule has 1 fully saturated rings. The highest BCUT2D eigenvalue weighted by molar-refractivity contribution is 5.83. The number of aromatic nitrogens is 2. The Morgan fingerprint density at radius 2 is 2.39 bits per heavy atom. The van der Waals surface area contributed by atoms with E-state index in [0.717, 1.165) is 29.4 Å². The normalized spacial score (nSPS) is 14.9. The van der Waals surface area contributed by atoms with Crippen LogP contribution in [0, 0.1) is 0 Å². The number of carbonyl (C=O) groups is 1. The first-order valence-corrected chi connectivity index (χ1v) is 6.11. The number of rotatable bonds is 4. The molecule has 3 rings (SSSR count). The van der Waals surface area contributed by atoms with Crippen molar-refractivity contribution in [1.29, 1.82) is 0 Å². The molecule has 1 saturated carbocycles. The quantitative estimate of drug-likeness (QED) is 0.837. The van der Waals surface area contributed by atoms with Gasteiger partial charge in [0.15, 0.2) is 0 Å². The maximum atomic E-state index is 11.8. The predicted molar refractivity (Wildman–Crippen MR) is 66.8 cm³/mol. The fourth-order valence-corrected chi connectivity index (χ4v) is 2.10. The molecule has 0 saturated heterocycles. The molecule has 1 aliphatic carbocycles. The largest absolute Gasteiger partial charge is 0.392 e. The van der Waals surface area contributed by atoms with E-state index in [-0.39, 0.29) is 19.1 Å². The third kappa shape index (κ3) is 2.09. The number of hydrogen-bond donors (Lipinski definition) is 2. The molecule has 0 bridgehead atoms. The van der Waals surface area contributed by atoms with Gasteiger partial charge in [-0.05, 0) is 25.0 Å². The van der Waals surface area contributed by atoms with E-state index in [4.69, 9.17) is 0 Å². The average Bonchev–Trinajstić information content (AvgIpc) is 3.11. The van der Waals surface area contributed by atoms with Crippen LogP contribution in [0.1, 0.15) is 18.4 Å². The third-order valence-corrected chi connectivity index (χ3v) is 3.14. The fourth-order valence-electron chi connectivity index (χ4n) is 2.10. The van der Waals surface area contributed by atoms with Gasteiger partial charge >= 0.3 is 0 Å². The molecule has 2 heterocycles. The Morgan fingerprint density at radius 3 is 3.11 bits per heavy atom. The highest BCUT2D eigenvalue weighted by Gasteiger charge is 2.23. The van der Waals surface area contributed by atoms with Gasteiger partial charge in [0.2, 0.25) is 5.91 Å². The Bertz CT molecular complexity index is 587. The first kappa shape index (κ1) is 11.2. The molecule has 5 nitrogen and oxygen atoms in total. The molecule has 1 aliphatic rings. The van der Waals surface area contributed by atoms with Gasteiger partial charge in [0.25, 0.3) is 0 Å². The van der Waals surface area contributed by atoms with Crippen molar-refractivity contribution < 1.29 is 9.90 Å². The minimum absolute atomic E-state index is 0.00421. The Hall–Kier alpha value is -1.88. The van der Waals surface area contributed by atoms with Gasteiger partial charge in [-0.15, -0.1) is 0 Å². The Morgan fingerprint density at radius 1 is 1.56 bits per heavy atom. The second-order valence-corrected chi connectivity index (χ2v) is 4.66. The summed E-state index contributed by atoms with van der Waals surface area (Å²) in [5, 5.41) is 13.1. The van der Waals surface area contributed by atoms with E-state index < -0.39 is 0 Å². The van der Waals surface area contributed by atoms with Gasteiger partial charge in [0.05, 0.1) is 6.61 Å². The number of carbonyl (C=O) groups excluding carboxylic acids is 1. The SMILES string of the molecule is O=C(Cn1cc(CO)c2cccnc21)NC1CC1. The van der Waals surface area contributed by atoms with Gasteiger partial charge in [0, 0.05) is 29.4 Å². The molecule has 5 heteroatoms. The smallest absolute Gasteiger partial charge is 0.240 e. The van der Waals surface area contributed by atoms with Crippen LogP contribution in [0.25, 0.3) is 11.0 Å². The molecule has 0 unspecified atom stereocenters. The number of nitrogens with one attached hydrogen (secondary N) is 1. The molecule has 0 aliphatic heterocycles. The molecule has 0 spiro atoms. The lowest BCUT2D eigenvalue weighted by Gasteiger charge is -2.05. The second kappa shape index (κ2) is 4.42. The standard InChI is InChI=1S/C13H15N3O2/c17-8-9-6-16(7-12(18)15-10-3-4-10)13-11(9)2-1-5-14-13/h1-2,5-6,10,17H,3-4,7-8H2,(H,15,18). The van der Waals surface area contributed by atoms with Crippen molar-refractivity contribution in [3.63, 3.8) is 0 Å². The topological polar surface area (TPSA) is 67.2 Å². The van der Waals surface area contributed by atoms with E-state index in [1.54, 1.807) is 17.0 Å². The maximum absolute atomic E-state index is 11.8. The Kier molecular flexibility index (Phi) is 2.76. The van der Waals surface area contributed by atoms with Crippen LogP contribution in [0.3, 0.4) is 0 Å². The summed E-state index contributed by atoms with van der Waals surface area (Å²) in [5.74, 6) is 0.00421. The van der Waals surface area contributed by atoms with E-state index in [1.165, 1.54) is 0 Å². The summed E-state index contributed by atoms with van der Waals surface area (Å²) in [6, 6.07) is 4.10. The lowest BCUT2D eigenvalue weighted by molar-refractivity contribution is -0.121. The second-order valence-electron chi connectivity index (χ2n) is 4.66. The van der Waals surface area contributed by atoms with Crippen molar-refractivity contribution in [3.05, 3.63) is 30.1 Å². The summed E-state index contributed by atoms with van der Waals surface area (Å²) in [5.41, 5.74) is 1.55. The van der Waals surface area contributed by atoms with Gasteiger partial charge in [-0.3, -0.25) is 4.79 Å². The van der Waals surface area contributed by atoms with Gasteiger partial charge in [-0.25, -0.2) is 4.98 Å². The van der Waals surface area contributed by atoms with Crippen LogP contribution in [0.15, 0.2) is 24.5 Å². The van der Waals surface area contributed by atoms with Crippen LogP contribution in [0.5, 0.6) is 0 Å². The summed E-state index contributed by atoms with van der Waals surface area (Å²) in [6.45, 7) is 0.212. The fraction of sp³-hybridized carbons (Fsp3) is 0.385. The number of nitrogens with zero attached hydrogens (tertiary/aromatic N) is 2. The van der Waals surface area contributed by atoms with E-state index in [1.807, 2.05) is 12.1 Å². The van der Waals surface area contributed by atoms with Crippen molar-refractivity contribution in [1.82, 2.24) is 14.9 Å². The summed E-state index contributed by atoms with van der Waals surface area (Å²) in [7, 11) is 0. The number of amides is 1. The van der Waals surface area contributed by atoms with Crippen LogP contribution in [-0.4, -0.2) is 26.6 Å². The van der Waals surface area contributed by atoms with Gasteiger partial charge < -0.3 is 15.0 Å². The van der Waals surface area contributed by atoms with Crippen LogP contribution < -0.4 is 5.32 Å². The molecule has 2 aromatic rings. The van der Waals surface area contributed by atoms with Crippen molar-refractivity contribution in [2.24, 2.45) is 0 Å². The molecule has 0 aromatic carbocycles. The minimum Gasteiger partial charge on any atom is -0.392 e. The summed E-state index contributed by atoms with van der Waals surface area (Å²) in [6.07, 6.45) is 5.65. The number of aliphatic hydroxyl groups is 1. The summed E-state index contributed by atoms with van der Waals surface area (Å²) in [4.78, 5) is 16.1. The molecule has 94 valence electrons. The lowest BCUT2D eigenvalue weighted by atomic mass is 10.2. The summed E-state index contributed by atoms with van der Waals surface area (Å²) >= 11 is 0. The van der Waals surface area contributed by atoms with Crippen molar-refractivity contribution >= 4 is 16.9 Å². The highest BCUT2D eigenvalue weighted by atomic mass is 16.3. The van der Waals surface area contributed by atoms with E-state index in [2.05, 4.69) is 10.3 Å². The van der Waals surface area contributed by atoms with Gasteiger partial charge in [-0.2, -0.15) is 0 Å². The molecule has 18 heavy (non-hydrogen) atoms. The van der Waals surface area contributed by atoms with Crippen molar-refractivity contribution in [2.75, 3.05) is 0 Å². The molecule has 0 atom stereocenters. The van der Waals surface area contributed by atoms with Crippen LogP contribution >= 0.6 is 0 Å². The maximum Gasteiger partial charge on any atom is 0.240 e. The molecule has 2 N–H and O–H groups in total. The highest BCUT2D eigenvalue weighted by Crippen LogP contribution is 2.20. The Labute approximate surface area is 104 Å². The van der Waals surface area contributed by atoms with Crippen LogP contribution in [0.4, 0.5) is 0 Å². The van der Waals surface area contributed by atoms with Crippen LogP contribution in [-0.2, 0) is 17.9 Å². The molecular weight excluding hydrogens is 230 g/mol. The van der Waals surface area contributed by atoms with Crippen molar-refractivity contribution in [3.8, 4) is 0 Å². The van der Waals surface area contributed by atoms with Gasteiger partial charge in [0.1, 0.15) is 12.2 Å². The minimum atomic E-state index is -0.0422. The zero-order valence-electron chi connectivity index (χ0n) is 9.97. The van der Waals surface area contributed by atoms with Crippen LogP contribution in [0.2, 0.25) is 0 Å². The monoisotopic (exact) mass is 245 g/mol. The molecule has 0 radical (unpaired) electrons. The average molecular weight is 245 g/mol. The lowest BCUT2D eigenvalue weighted by Crippen LogP contribution is -2.29. The number of hydrogen-bond acceptors (Lipinski definition) is 3. The zero-order valence-corrected chi connectivity index (χ0v) is 9.97. The summed E-state index contributed by atoms with van der Waals surface area (Å²) < 4.78 is 1.79. The predicted octanol–water partition coefficient (Wildman–Crippen LogP) is 0.807. The number of aliphatic hydroxyl groups excluding tert-OH is 1. The molecule has 1 amide bonds.